The Labute approximate surface area is 194 Å². The number of nitrogens with zero attached hydrogens (tertiary/aromatic N) is 3. The molecule has 0 bridgehead atoms. The number of amides is 2. The first-order valence-electron chi connectivity index (χ1n) is 10.9. The Morgan fingerprint density at radius 2 is 1.91 bits per heavy atom. The van der Waals surface area contributed by atoms with Crippen LogP contribution in [0.15, 0.2) is 24.5 Å². The molecule has 2 N–H and O–H groups in total. The Morgan fingerprint density at radius 1 is 1.27 bits per heavy atom. The van der Waals surface area contributed by atoms with Crippen molar-refractivity contribution in [3.63, 3.8) is 0 Å². The smallest absolute Gasteiger partial charge is 0.408 e. The van der Waals surface area contributed by atoms with Crippen LogP contribution in [-0.2, 0) is 10.2 Å². The van der Waals surface area contributed by atoms with Crippen LogP contribution in [-0.4, -0.2) is 50.2 Å². The molecule has 0 fully saturated rings. The third kappa shape index (κ3) is 5.02. The number of hydrogen-bond donors (Lipinski definition) is 2. The highest BCUT2D eigenvalue weighted by Gasteiger charge is 2.37. The Balaban J connectivity index is 1.76. The van der Waals surface area contributed by atoms with Crippen LogP contribution < -0.4 is 14.8 Å². The summed E-state index contributed by atoms with van der Waals surface area (Å²) in [7, 11) is 0. The van der Waals surface area contributed by atoms with Crippen molar-refractivity contribution in [3.05, 3.63) is 35.7 Å². The molecule has 2 amide bonds. The summed E-state index contributed by atoms with van der Waals surface area (Å²) in [6.45, 7) is 13.8. The van der Waals surface area contributed by atoms with E-state index < -0.39 is 23.6 Å². The molecule has 9 heteroatoms. The van der Waals surface area contributed by atoms with Crippen LogP contribution in [0.25, 0.3) is 0 Å². The van der Waals surface area contributed by atoms with Gasteiger partial charge >= 0.3 is 12.1 Å². The fraction of sp³-hybridized carbons (Fsp3) is 0.500. The summed E-state index contributed by atoms with van der Waals surface area (Å²) in [6, 6.07) is 3.09. The Bertz CT molecular complexity index is 1040. The molecule has 2 aromatic rings. The average Bonchev–Trinajstić information content (AvgIpc) is 3.04. The van der Waals surface area contributed by atoms with Crippen LogP contribution in [0.1, 0.15) is 59.1 Å². The second-order valence-corrected chi connectivity index (χ2v) is 9.85. The number of aromatic nitrogens is 2. The maximum Gasteiger partial charge on any atom is 0.408 e. The molecule has 0 unspecified atom stereocenters. The van der Waals surface area contributed by atoms with E-state index in [1.54, 1.807) is 27.7 Å². The Kier molecular flexibility index (Phi) is 6.53. The van der Waals surface area contributed by atoms with Crippen molar-refractivity contribution in [2.45, 2.75) is 71.9 Å². The molecule has 0 radical (unpaired) electrons. The fourth-order valence-electron chi connectivity index (χ4n) is 4.04. The van der Waals surface area contributed by atoms with Crippen LogP contribution in [0.2, 0.25) is 0 Å². The Hall–Kier alpha value is -3.36. The van der Waals surface area contributed by atoms with Gasteiger partial charge in [0.25, 0.3) is 0 Å². The van der Waals surface area contributed by atoms with Gasteiger partial charge in [-0.25, -0.2) is 14.8 Å². The third-order valence-electron chi connectivity index (χ3n) is 5.60. The molecule has 0 spiro atoms. The van der Waals surface area contributed by atoms with Crippen molar-refractivity contribution < 1.29 is 24.2 Å². The fourth-order valence-corrected chi connectivity index (χ4v) is 4.04. The predicted octanol–water partition coefficient (Wildman–Crippen LogP) is 4.74. The molecule has 0 aliphatic carbocycles. The van der Waals surface area contributed by atoms with Crippen LogP contribution in [0.5, 0.6) is 17.5 Å². The summed E-state index contributed by atoms with van der Waals surface area (Å²) >= 11 is 0. The van der Waals surface area contributed by atoms with Crippen LogP contribution >= 0.6 is 0 Å². The second kappa shape index (κ2) is 8.88. The zero-order valence-corrected chi connectivity index (χ0v) is 20.2. The van der Waals surface area contributed by atoms with Gasteiger partial charge in [0.05, 0.1) is 24.7 Å². The average molecular weight is 457 g/mol. The lowest BCUT2D eigenvalue weighted by atomic mass is 9.85. The van der Waals surface area contributed by atoms with E-state index in [0.717, 1.165) is 21.8 Å². The van der Waals surface area contributed by atoms with Gasteiger partial charge in [0.1, 0.15) is 17.5 Å². The van der Waals surface area contributed by atoms with Gasteiger partial charge in [-0.3, -0.25) is 9.69 Å². The number of fused-ring (bicyclic) bond motifs is 1. The Morgan fingerprint density at radius 3 is 2.45 bits per heavy atom. The summed E-state index contributed by atoms with van der Waals surface area (Å²) in [5, 5.41) is 12.3. The molecular weight excluding hydrogens is 424 g/mol. The highest BCUT2D eigenvalue weighted by atomic mass is 16.5. The number of hydrogen-bond acceptors (Lipinski definition) is 6. The van der Waals surface area contributed by atoms with Gasteiger partial charge in [-0.05, 0) is 45.7 Å². The molecule has 33 heavy (non-hydrogen) atoms. The molecule has 3 rings (SSSR count). The van der Waals surface area contributed by atoms with Crippen molar-refractivity contribution in [2.75, 3.05) is 11.9 Å². The summed E-state index contributed by atoms with van der Waals surface area (Å²) in [4.78, 5) is 34.2. The minimum Gasteiger partial charge on any atom is -0.492 e. The number of benzene rings is 1. The summed E-state index contributed by atoms with van der Waals surface area (Å²) < 4.78 is 11.8. The minimum absolute atomic E-state index is 0.135. The highest BCUT2D eigenvalue weighted by molar-refractivity contribution is 5.96. The van der Waals surface area contributed by atoms with Gasteiger partial charge in [0, 0.05) is 16.5 Å². The van der Waals surface area contributed by atoms with E-state index >= 15 is 0 Å². The number of ether oxygens (including phenoxy) is 2. The monoisotopic (exact) mass is 456 g/mol. The number of carbonyl (C=O) groups is 2. The number of rotatable bonds is 6. The molecule has 1 aliphatic rings. The van der Waals surface area contributed by atoms with E-state index in [1.807, 2.05) is 19.1 Å². The van der Waals surface area contributed by atoms with Crippen molar-refractivity contribution >= 4 is 17.7 Å². The first-order chi connectivity index (χ1) is 15.3. The molecule has 1 aliphatic heterocycles. The van der Waals surface area contributed by atoms with Gasteiger partial charge < -0.3 is 19.9 Å². The number of carbonyl (C=O) groups excluding carboxylic acids is 1. The summed E-state index contributed by atoms with van der Waals surface area (Å²) in [6.07, 6.45) is 2.05. The molecule has 2 heterocycles. The SMILES string of the molecule is CC[C@H](C(=O)Nc1cnc(Oc2ccc(C)c3c2C(C)(C)CO3)nc1)N(C(=O)O)C(C)(C)C. The number of nitrogens with one attached hydrogen (secondary N) is 1. The normalized spacial score (nSPS) is 15.2. The molecule has 0 saturated heterocycles. The molecule has 1 aromatic carbocycles. The zero-order chi connectivity index (χ0) is 24.6. The summed E-state index contributed by atoms with van der Waals surface area (Å²) in [5.74, 6) is 1.01. The lowest BCUT2D eigenvalue weighted by Crippen LogP contribution is -2.55. The molecule has 9 nitrogen and oxygen atoms in total. The van der Waals surface area contributed by atoms with E-state index in [2.05, 4.69) is 29.1 Å². The quantitative estimate of drug-likeness (QED) is 0.645. The molecular formula is C24H32N4O5. The molecule has 1 atom stereocenters. The third-order valence-corrected chi connectivity index (χ3v) is 5.60. The van der Waals surface area contributed by atoms with Crippen LogP contribution in [0, 0.1) is 6.92 Å². The first-order valence-corrected chi connectivity index (χ1v) is 10.9. The van der Waals surface area contributed by atoms with Crippen molar-refractivity contribution in [1.82, 2.24) is 14.9 Å². The standard InChI is InChI=1S/C24H32N4O5/c1-8-16(28(22(30)31)23(3,4)5)20(29)27-15-11-25-21(26-12-15)33-17-10-9-14(2)19-18(17)24(6,7)13-32-19/h9-12,16H,8,13H2,1-7H3,(H,27,29)(H,30,31)/t16-/m1/s1. The maximum absolute atomic E-state index is 12.8. The molecule has 1 aromatic heterocycles. The maximum atomic E-state index is 12.8. The van der Waals surface area contributed by atoms with Crippen LogP contribution in [0.3, 0.4) is 0 Å². The topological polar surface area (TPSA) is 114 Å². The minimum atomic E-state index is -1.15. The van der Waals surface area contributed by atoms with Crippen molar-refractivity contribution in [3.8, 4) is 17.5 Å². The highest BCUT2D eigenvalue weighted by Crippen LogP contribution is 2.46. The summed E-state index contributed by atoms with van der Waals surface area (Å²) in [5.41, 5.74) is 1.43. The van der Waals surface area contributed by atoms with E-state index in [0.29, 0.717) is 24.5 Å². The van der Waals surface area contributed by atoms with E-state index in [9.17, 15) is 14.7 Å². The number of aryl methyl sites for hydroxylation is 1. The van der Waals surface area contributed by atoms with Crippen molar-refractivity contribution in [1.29, 1.82) is 0 Å². The number of anilines is 1. The first kappa shape index (κ1) is 24.3. The lowest BCUT2D eigenvalue weighted by molar-refractivity contribution is -0.122. The van der Waals surface area contributed by atoms with E-state index in [1.165, 1.54) is 12.4 Å². The largest absolute Gasteiger partial charge is 0.492 e. The van der Waals surface area contributed by atoms with E-state index in [-0.39, 0.29) is 11.4 Å². The lowest BCUT2D eigenvalue weighted by Gasteiger charge is -2.38. The predicted molar refractivity (Wildman–Crippen MR) is 124 cm³/mol. The van der Waals surface area contributed by atoms with E-state index in [4.69, 9.17) is 9.47 Å². The van der Waals surface area contributed by atoms with Crippen molar-refractivity contribution in [2.24, 2.45) is 0 Å². The van der Waals surface area contributed by atoms with Gasteiger partial charge in [0.2, 0.25) is 5.91 Å². The zero-order valence-electron chi connectivity index (χ0n) is 20.2. The molecule has 0 saturated carbocycles. The van der Waals surface area contributed by atoms with Crippen LogP contribution in [0.4, 0.5) is 10.5 Å². The molecule has 178 valence electrons. The number of carboxylic acid groups (broad SMARTS) is 1. The van der Waals surface area contributed by atoms with Gasteiger partial charge in [-0.2, -0.15) is 0 Å². The van der Waals surface area contributed by atoms with Gasteiger partial charge in [0.15, 0.2) is 0 Å². The van der Waals surface area contributed by atoms with Gasteiger partial charge in [-0.1, -0.05) is 26.8 Å². The second-order valence-electron chi connectivity index (χ2n) is 9.85. The van der Waals surface area contributed by atoms with Gasteiger partial charge in [-0.15, -0.1) is 0 Å².